The molecule has 1 aliphatic rings. The maximum Gasteiger partial charge on any atom is 0.0431 e. The molecule has 3 nitrogen and oxygen atoms in total. The van der Waals surface area contributed by atoms with E-state index in [1.165, 1.54) is 51.7 Å². The molecule has 0 aromatic rings. The van der Waals surface area contributed by atoms with Crippen molar-refractivity contribution in [3.8, 4) is 0 Å². The lowest BCUT2D eigenvalue weighted by molar-refractivity contribution is 0.250. The summed E-state index contributed by atoms with van der Waals surface area (Å²) in [4.78, 5) is 2.56. The Morgan fingerprint density at radius 2 is 2.06 bits per heavy atom. The number of aliphatic hydroxyl groups is 1. The van der Waals surface area contributed by atoms with E-state index in [2.05, 4.69) is 17.1 Å². The molecule has 2 N–H and O–H groups in total. The van der Waals surface area contributed by atoms with Crippen molar-refractivity contribution in [2.45, 2.75) is 51.5 Å². The van der Waals surface area contributed by atoms with Crippen LogP contribution in [0.4, 0.5) is 0 Å². The van der Waals surface area contributed by atoms with E-state index in [4.69, 9.17) is 5.11 Å². The van der Waals surface area contributed by atoms with Crippen LogP contribution < -0.4 is 5.32 Å². The molecule has 1 aliphatic heterocycles. The summed E-state index contributed by atoms with van der Waals surface area (Å²) in [5.74, 6) is 0. The highest BCUT2D eigenvalue weighted by Gasteiger charge is 2.16. The predicted octanol–water partition coefficient (Wildman–Crippen LogP) is 1.61. The SMILES string of the molecule is CCN(CCCCCCO)CC1CCCN1. The smallest absolute Gasteiger partial charge is 0.0431 e. The minimum atomic E-state index is 0.351. The van der Waals surface area contributed by atoms with Gasteiger partial charge in [-0.3, -0.25) is 0 Å². The minimum Gasteiger partial charge on any atom is -0.396 e. The van der Waals surface area contributed by atoms with Crippen molar-refractivity contribution >= 4 is 0 Å². The third-order valence-electron chi connectivity index (χ3n) is 3.47. The van der Waals surface area contributed by atoms with Crippen molar-refractivity contribution < 1.29 is 5.11 Å². The third kappa shape index (κ3) is 5.83. The molecule has 1 heterocycles. The molecule has 0 amide bonds. The largest absolute Gasteiger partial charge is 0.396 e. The van der Waals surface area contributed by atoms with Crippen LogP contribution >= 0.6 is 0 Å². The van der Waals surface area contributed by atoms with Crippen LogP contribution in [-0.2, 0) is 0 Å². The molecule has 16 heavy (non-hydrogen) atoms. The predicted molar refractivity (Wildman–Crippen MR) is 68.7 cm³/mol. The van der Waals surface area contributed by atoms with Crippen molar-refractivity contribution in [3.63, 3.8) is 0 Å². The van der Waals surface area contributed by atoms with Gasteiger partial charge in [0.1, 0.15) is 0 Å². The summed E-state index contributed by atoms with van der Waals surface area (Å²) in [6.45, 7) is 7.42. The second-order valence-corrected chi connectivity index (χ2v) is 4.82. The van der Waals surface area contributed by atoms with Gasteiger partial charge in [0.05, 0.1) is 0 Å². The van der Waals surface area contributed by atoms with Crippen LogP contribution in [0.5, 0.6) is 0 Å². The van der Waals surface area contributed by atoms with Gasteiger partial charge >= 0.3 is 0 Å². The number of rotatable bonds is 9. The molecule has 0 aromatic carbocycles. The number of likely N-dealkylation sites (N-methyl/N-ethyl adjacent to an activating group) is 1. The zero-order chi connectivity index (χ0) is 11.6. The van der Waals surface area contributed by atoms with Gasteiger partial charge in [-0.05, 0) is 45.3 Å². The molecule has 0 aliphatic carbocycles. The van der Waals surface area contributed by atoms with Crippen molar-refractivity contribution in [3.05, 3.63) is 0 Å². The third-order valence-corrected chi connectivity index (χ3v) is 3.47. The molecule has 96 valence electrons. The monoisotopic (exact) mass is 228 g/mol. The Kier molecular flexibility index (Phi) is 7.81. The van der Waals surface area contributed by atoms with Crippen LogP contribution in [0, 0.1) is 0 Å². The molecule has 0 aromatic heterocycles. The molecule has 0 spiro atoms. The molecule has 1 saturated heterocycles. The van der Waals surface area contributed by atoms with Crippen molar-refractivity contribution in [1.29, 1.82) is 0 Å². The molecule has 1 unspecified atom stereocenters. The van der Waals surface area contributed by atoms with Gasteiger partial charge in [-0.2, -0.15) is 0 Å². The second kappa shape index (κ2) is 8.97. The fourth-order valence-electron chi connectivity index (χ4n) is 2.40. The van der Waals surface area contributed by atoms with Gasteiger partial charge in [0.25, 0.3) is 0 Å². The summed E-state index contributed by atoms with van der Waals surface area (Å²) >= 11 is 0. The maximum absolute atomic E-state index is 8.69. The standard InChI is InChI=1S/C13H28N2O/c1-2-15(10-5-3-4-6-11-16)12-13-8-7-9-14-13/h13-14,16H,2-12H2,1H3. The normalized spacial score (nSPS) is 20.8. The van der Waals surface area contributed by atoms with Crippen molar-refractivity contribution in [1.82, 2.24) is 10.2 Å². The van der Waals surface area contributed by atoms with Crippen molar-refractivity contribution in [2.75, 3.05) is 32.8 Å². The Morgan fingerprint density at radius 1 is 1.25 bits per heavy atom. The Morgan fingerprint density at radius 3 is 2.69 bits per heavy atom. The lowest BCUT2D eigenvalue weighted by Gasteiger charge is -2.24. The topological polar surface area (TPSA) is 35.5 Å². The van der Waals surface area contributed by atoms with E-state index in [-0.39, 0.29) is 0 Å². The van der Waals surface area contributed by atoms with Crippen LogP contribution in [-0.4, -0.2) is 48.8 Å². The molecular weight excluding hydrogens is 200 g/mol. The van der Waals surface area contributed by atoms with E-state index in [0.717, 1.165) is 19.0 Å². The van der Waals surface area contributed by atoms with Gasteiger partial charge in [0, 0.05) is 19.2 Å². The van der Waals surface area contributed by atoms with E-state index < -0.39 is 0 Å². The highest BCUT2D eigenvalue weighted by atomic mass is 16.2. The first kappa shape index (κ1) is 13.9. The van der Waals surface area contributed by atoms with E-state index in [1.54, 1.807) is 0 Å². The summed E-state index contributed by atoms with van der Waals surface area (Å²) in [6, 6.07) is 0.734. The van der Waals surface area contributed by atoms with Crippen molar-refractivity contribution in [2.24, 2.45) is 0 Å². The minimum absolute atomic E-state index is 0.351. The lowest BCUT2D eigenvalue weighted by Crippen LogP contribution is -2.37. The summed E-state index contributed by atoms with van der Waals surface area (Å²) in [5.41, 5.74) is 0. The van der Waals surface area contributed by atoms with Crippen LogP contribution in [0.1, 0.15) is 45.4 Å². The first-order valence-corrected chi connectivity index (χ1v) is 6.93. The highest BCUT2D eigenvalue weighted by Crippen LogP contribution is 2.08. The first-order valence-electron chi connectivity index (χ1n) is 6.93. The van der Waals surface area contributed by atoms with E-state index in [1.807, 2.05) is 0 Å². The fraction of sp³-hybridized carbons (Fsp3) is 1.00. The summed E-state index contributed by atoms with van der Waals surface area (Å²) in [6.07, 6.45) is 7.38. The average Bonchev–Trinajstić information content (AvgIpc) is 2.80. The molecule has 1 fully saturated rings. The van der Waals surface area contributed by atoms with Gasteiger partial charge in [0.2, 0.25) is 0 Å². The zero-order valence-corrected chi connectivity index (χ0v) is 10.7. The highest BCUT2D eigenvalue weighted by molar-refractivity contribution is 4.77. The number of nitrogens with zero attached hydrogens (tertiary/aromatic N) is 1. The van der Waals surface area contributed by atoms with Gasteiger partial charge in [-0.15, -0.1) is 0 Å². The molecule has 3 heteroatoms. The summed E-state index contributed by atoms with van der Waals surface area (Å²) in [5, 5.41) is 12.2. The second-order valence-electron chi connectivity index (χ2n) is 4.82. The molecule has 1 rings (SSSR count). The summed E-state index contributed by atoms with van der Waals surface area (Å²) < 4.78 is 0. The number of hydrogen-bond donors (Lipinski definition) is 2. The summed E-state index contributed by atoms with van der Waals surface area (Å²) in [7, 11) is 0. The molecule has 0 radical (unpaired) electrons. The van der Waals surface area contributed by atoms with Crippen LogP contribution in [0.15, 0.2) is 0 Å². The van der Waals surface area contributed by atoms with Crippen LogP contribution in [0.25, 0.3) is 0 Å². The number of hydrogen-bond acceptors (Lipinski definition) is 3. The maximum atomic E-state index is 8.69. The quantitative estimate of drug-likeness (QED) is 0.589. The zero-order valence-electron chi connectivity index (χ0n) is 10.7. The van der Waals surface area contributed by atoms with E-state index in [9.17, 15) is 0 Å². The number of nitrogens with one attached hydrogen (secondary N) is 1. The van der Waals surface area contributed by atoms with Crippen LogP contribution in [0.3, 0.4) is 0 Å². The van der Waals surface area contributed by atoms with Gasteiger partial charge in [-0.1, -0.05) is 19.8 Å². The lowest BCUT2D eigenvalue weighted by atomic mass is 10.1. The Bertz CT molecular complexity index is 158. The van der Waals surface area contributed by atoms with E-state index >= 15 is 0 Å². The Labute approximate surface area is 100 Å². The van der Waals surface area contributed by atoms with Gasteiger partial charge in [-0.25, -0.2) is 0 Å². The molecule has 0 saturated carbocycles. The van der Waals surface area contributed by atoms with E-state index in [0.29, 0.717) is 6.61 Å². The average molecular weight is 228 g/mol. The number of unbranched alkanes of at least 4 members (excludes halogenated alkanes) is 3. The molecule has 0 bridgehead atoms. The fourth-order valence-corrected chi connectivity index (χ4v) is 2.40. The Hall–Kier alpha value is -0.120. The first-order chi connectivity index (χ1) is 7.86. The molecule has 1 atom stereocenters. The van der Waals surface area contributed by atoms with Crippen LogP contribution in [0.2, 0.25) is 0 Å². The molecular formula is C13H28N2O. The Balaban J connectivity index is 2.01. The number of aliphatic hydroxyl groups excluding tert-OH is 1. The van der Waals surface area contributed by atoms with Gasteiger partial charge in [0.15, 0.2) is 0 Å². The van der Waals surface area contributed by atoms with Gasteiger partial charge < -0.3 is 15.3 Å².